The first-order valence-electron chi connectivity index (χ1n) is 8.25. The number of carbonyl (C=O) groups is 2. The molecule has 3 N–H and O–H groups in total. The zero-order valence-electron chi connectivity index (χ0n) is 13.9. The number of carbonyl (C=O) groups excluding carboxylic acids is 2. The fraction of sp³-hybridized carbons (Fsp3) is 0.263. The van der Waals surface area contributed by atoms with Crippen molar-refractivity contribution >= 4 is 28.9 Å². The van der Waals surface area contributed by atoms with Crippen LogP contribution in [0.4, 0.5) is 21.5 Å². The maximum absolute atomic E-state index is 12.9. The summed E-state index contributed by atoms with van der Waals surface area (Å²) in [6.45, 7) is 1.74. The van der Waals surface area contributed by atoms with Crippen molar-refractivity contribution in [2.75, 3.05) is 16.0 Å². The van der Waals surface area contributed by atoms with Crippen LogP contribution >= 0.6 is 0 Å². The predicted octanol–water partition coefficient (Wildman–Crippen LogP) is 3.61. The zero-order valence-corrected chi connectivity index (χ0v) is 13.9. The smallest absolute Gasteiger partial charge is 0.246 e. The molecule has 130 valence electrons. The quantitative estimate of drug-likeness (QED) is 0.752. The van der Waals surface area contributed by atoms with Gasteiger partial charge in [0.2, 0.25) is 11.8 Å². The first kappa shape index (κ1) is 17.0. The maximum atomic E-state index is 12.9. The highest BCUT2D eigenvalue weighted by Crippen LogP contribution is 2.30. The minimum atomic E-state index is -0.475. The van der Waals surface area contributed by atoms with Gasteiger partial charge in [-0.05, 0) is 68.3 Å². The van der Waals surface area contributed by atoms with Crippen LogP contribution in [0.1, 0.15) is 19.8 Å². The van der Waals surface area contributed by atoms with Crippen molar-refractivity contribution in [3.05, 3.63) is 54.3 Å². The number of benzene rings is 2. The molecule has 0 spiro atoms. The van der Waals surface area contributed by atoms with E-state index in [1.54, 1.807) is 19.1 Å². The van der Waals surface area contributed by atoms with Crippen LogP contribution in [0.2, 0.25) is 0 Å². The van der Waals surface area contributed by atoms with E-state index < -0.39 is 6.04 Å². The third-order valence-electron chi connectivity index (χ3n) is 3.99. The topological polar surface area (TPSA) is 70.2 Å². The Balaban J connectivity index is 1.52. The fourth-order valence-corrected chi connectivity index (χ4v) is 2.34. The molecule has 1 fully saturated rings. The largest absolute Gasteiger partial charge is 0.374 e. The van der Waals surface area contributed by atoms with Gasteiger partial charge in [0.15, 0.2) is 0 Å². The van der Waals surface area contributed by atoms with Crippen molar-refractivity contribution in [3.63, 3.8) is 0 Å². The molecular weight excluding hydrogens is 321 g/mol. The molecule has 1 atom stereocenters. The Morgan fingerprint density at radius 3 is 2.04 bits per heavy atom. The number of hydrogen-bond acceptors (Lipinski definition) is 3. The average molecular weight is 341 g/mol. The lowest BCUT2D eigenvalue weighted by Gasteiger charge is -2.16. The predicted molar refractivity (Wildman–Crippen MR) is 95.9 cm³/mol. The minimum Gasteiger partial charge on any atom is -0.374 e. The Hall–Kier alpha value is -2.89. The van der Waals surface area contributed by atoms with Crippen molar-refractivity contribution < 1.29 is 14.0 Å². The normalized spacial score (nSPS) is 14.5. The summed E-state index contributed by atoms with van der Waals surface area (Å²) in [6, 6.07) is 12.4. The van der Waals surface area contributed by atoms with Crippen molar-refractivity contribution in [1.29, 1.82) is 0 Å². The zero-order chi connectivity index (χ0) is 17.8. The average Bonchev–Trinajstić information content (AvgIpc) is 3.43. The highest BCUT2D eigenvalue weighted by molar-refractivity contribution is 5.96. The van der Waals surface area contributed by atoms with Crippen LogP contribution in [0.15, 0.2) is 48.5 Å². The third kappa shape index (κ3) is 4.79. The van der Waals surface area contributed by atoms with Crippen LogP contribution in [0.5, 0.6) is 0 Å². The second-order valence-electron chi connectivity index (χ2n) is 6.20. The van der Waals surface area contributed by atoms with Crippen molar-refractivity contribution in [2.24, 2.45) is 5.92 Å². The number of rotatable bonds is 6. The number of hydrogen-bond donors (Lipinski definition) is 3. The molecule has 2 aromatic carbocycles. The molecule has 0 bridgehead atoms. The highest BCUT2D eigenvalue weighted by Gasteiger charge is 2.29. The summed E-state index contributed by atoms with van der Waals surface area (Å²) in [5.74, 6) is -0.350. The molecular formula is C19H20FN3O2. The lowest BCUT2D eigenvalue weighted by Crippen LogP contribution is -2.31. The van der Waals surface area contributed by atoms with E-state index in [0.29, 0.717) is 5.69 Å². The minimum absolute atomic E-state index is 0.0627. The highest BCUT2D eigenvalue weighted by atomic mass is 19.1. The number of anilines is 3. The summed E-state index contributed by atoms with van der Waals surface area (Å²) in [4.78, 5) is 23.9. The van der Waals surface area contributed by atoms with E-state index in [-0.39, 0.29) is 23.5 Å². The van der Waals surface area contributed by atoms with Crippen LogP contribution in [0, 0.1) is 11.7 Å². The van der Waals surface area contributed by atoms with Crippen LogP contribution in [0.3, 0.4) is 0 Å². The molecule has 2 amide bonds. The molecule has 1 aliphatic rings. The van der Waals surface area contributed by atoms with Crippen molar-refractivity contribution in [1.82, 2.24) is 0 Å². The molecule has 0 saturated heterocycles. The summed E-state index contributed by atoms with van der Waals surface area (Å²) < 4.78 is 12.9. The van der Waals surface area contributed by atoms with Gasteiger partial charge in [0.25, 0.3) is 0 Å². The van der Waals surface area contributed by atoms with E-state index in [0.717, 1.165) is 24.2 Å². The summed E-state index contributed by atoms with van der Waals surface area (Å²) in [6.07, 6.45) is 1.93. The lowest BCUT2D eigenvalue weighted by molar-refractivity contribution is -0.117. The Morgan fingerprint density at radius 1 is 0.920 bits per heavy atom. The number of halogens is 1. The number of amides is 2. The van der Waals surface area contributed by atoms with Gasteiger partial charge in [-0.15, -0.1) is 0 Å². The maximum Gasteiger partial charge on any atom is 0.246 e. The molecule has 0 heterocycles. The van der Waals surface area contributed by atoms with Gasteiger partial charge >= 0.3 is 0 Å². The molecule has 25 heavy (non-hydrogen) atoms. The molecule has 1 aliphatic carbocycles. The molecule has 0 unspecified atom stereocenters. The van der Waals surface area contributed by atoms with Crippen LogP contribution in [-0.4, -0.2) is 17.9 Å². The monoisotopic (exact) mass is 341 g/mol. The Labute approximate surface area is 145 Å². The Morgan fingerprint density at radius 2 is 1.44 bits per heavy atom. The molecule has 3 rings (SSSR count). The van der Waals surface area contributed by atoms with Gasteiger partial charge in [-0.1, -0.05) is 0 Å². The summed E-state index contributed by atoms with van der Waals surface area (Å²) in [5, 5.41) is 8.68. The van der Waals surface area contributed by atoms with Gasteiger partial charge in [0.05, 0.1) is 0 Å². The molecule has 0 aromatic heterocycles. The summed E-state index contributed by atoms with van der Waals surface area (Å²) >= 11 is 0. The summed E-state index contributed by atoms with van der Waals surface area (Å²) in [7, 11) is 0. The van der Waals surface area contributed by atoms with Gasteiger partial charge in [0.1, 0.15) is 11.9 Å². The van der Waals surface area contributed by atoms with E-state index in [1.165, 1.54) is 24.3 Å². The first-order chi connectivity index (χ1) is 12.0. The van der Waals surface area contributed by atoms with E-state index in [1.807, 2.05) is 12.1 Å². The molecule has 6 heteroatoms. The molecule has 2 aromatic rings. The van der Waals surface area contributed by atoms with Crippen LogP contribution in [-0.2, 0) is 9.59 Å². The van der Waals surface area contributed by atoms with E-state index in [9.17, 15) is 14.0 Å². The van der Waals surface area contributed by atoms with Crippen molar-refractivity contribution in [2.45, 2.75) is 25.8 Å². The van der Waals surface area contributed by atoms with Crippen LogP contribution < -0.4 is 16.0 Å². The van der Waals surface area contributed by atoms with E-state index >= 15 is 0 Å². The second-order valence-corrected chi connectivity index (χ2v) is 6.20. The van der Waals surface area contributed by atoms with Crippen molar-refractivity contribution in [3.8, 4) is 0 Å². The Bertz CT molecular complexity index is 755. The Kier molecular flexibility index (Phi) is 4.97. The summed E-state index contributed by atoms with van der Waals surface area (Å²) in [5.41, 5.74) is 2.05. The fourth-order valence-electron chi connectivity index (χ4n) is 2.34. The standard InChI is InChI=1S/C19H20FN3O2/c1-12(18(24)22-16-6-4-14(20)5-7-16)21-15-8-10-17(11-9-15)23-19(25)13-2-3-13/h4-13,21H,2-3H2,1H3,(H,22,24)(H,23,25)/t12-/m0/s1. The SMILES string of the molecule is C[C@H](Nc1ccc(NC(=O)C2CC2)cc1)C(=O)Nc1ccc(F)cc1. The van der Waals surface area contributed by atoms with E-state index in [2.05, 4.69) is 16.0 Å². The van der Waals surface area contributed by atoms with Gasteiger partial charge in [0, 0.05) is 23.0 Å². The van der Waals surface area contributed by atoms with Crippen LogP contribution in [0.25, 0.3) is 0 Å². The molecule has 1 saturated carbocycles. The lowest BCUT2D eigenvalue weighted by atomic mass is 10.2. The van der Waals surface area contributed by atoms with Gasteiger partial charge < -0.3 is 16.0 Å². The van der Waals surface area contributed by atoms with Gasteiger partial charge in [-0.2, -0.15) is 0 Å². The molecule has 0 radical (unpaired) electrons. The second kappa shape index (κ2) is 7.34. The van der Waals surface area contributed by atoms with E-state index in [4.69, 9.17) is 0 Å². The molecule has 5 nitrogen and oxygen atoms in total. The third-order valence-corrected chi connectivity index (χ3v) is 3.99. The number of nitrogens with one attached hydrogen (secondary N) is 3. The van der Waals surface area contributed by atoms with Gasteiger partial charge in [-0.3, -0.25) is 9.59 Å². The van der Waals surface area contributed by atoms with Gasteiger partial charge in [-0.25, -0.2) is 4.39 Å². The first-order valence-corrected chi connectivity index (χ1v) is 8.25. The molecule has 0 aliphatic heterocycles.